The second kappa shape index (κ2) is 15.4. The van der Waals surface area contributed by atoms with E-state index in [1.165, 1.54) is 0 Å². The highest BCUT2D eigenvalue weighted by molar-refractivity contribution is 5.69. The van der Waals surface area contributed by atoms with Crippen molar-refractivity contribution in [2.45, 2.75) is 77.4 Å². The molecule has 0 bridgehead atoms. The molecular weight excluding hydrogens is 312 g/mol. The topological polar surface area (TPSA) is 71.1 Å². The molecule has 0 radical (unpaired) electrons. The van der Waals surface area contributed by atoms with Crippen LogP contribution in [0.2, 0.25) is 0 Å². The molecule has 6 heteroatoms. The molecule has 0 aromatic heterocycles. The number of hydrogen-bond acceptors (Lipinski definition) is 6. The molecule has 0 aromatic rings. The lowest BCUT2D eigenvalue weighted by molar-refractivity contribution is -0.148. The minimum Gasteiger partial charge on any atom is -0.463 e. The quantitative estimate of drug-likeness (QED) is 0.335. The minimum atomic E-state index is -0.185. The Bertz CT molecular complexity index is 291. The summed E-state index contributed by atoms with van der Waals surface area (Å²) in [5, 5.41) is 0. The highest BCUT2D eigenvalue weighted by atomic mass is 16.6. The van der Waals surface area contributed by atoms with Gasteiger partial charge in [0.15, 0.2) is 0 Å². The molecule has 0 rings (SSSR count). The molecule has 0 heterocycles. The van der Waals surface area contributed by atoms with E-state index in [9.17, 15) is 9.59 Å². The Kier molecular flexibility index (Phi) is 14.7. The van der Waals surface area contributed by atoms with E-state index in [1.54, 1.807) is 14.2 Å². The molecule has 0 amide bonds. The number of ether oxygens (including phenoxy) is 4. The van der Waals surface area contributed by atoms with Gasteiger partial charge in [-0.25, -0.2) is 0 Å². The van der Waals surface area contributed by atoms with Gasteiger partial charge in [-0.1, -0.05) is 26.7 Å². The fourth-order valence-corrected chi connectivity index (χ4v) is 2.11. The van der Waals surface area contributed by atoms with E-state index in [-0.39, 0.29) is 24.1 Å². The summed E-state index contributed by atoms with van der Waals surface area (Å²) in [6.45, 7) is 4.62. The summed E-state index contributed by atoms with van der Waals surface area (Å²) < 4.78 is 20.6. The molecule has 0 N–H and O–H groups in total. The van der Waals surface area contributed by atoms with E-state index < -0.39 is 0 Å². The van der Waals surface area contributed by atoms with Crippen LogP contribution in [0.25, 0.3) is 0 Å². The Morgan fingerprint density at radius 3 is 1.38 bits per heavy atom. The van der Waals surface area contributed by atoms with Crippen molar-refractivity contribution in [3.05, 3.63) is 0 Å². The maximum absolute atomic E-state index is 11.6. The maximum Gasteiger partial charge on any atom is 0.305 e. The molecule has 0 saturated heterocycles. The van der Waals surface area contributed by atoms with Crippen molar-refractivity contribution in [2.24, 2.45) is 0 Å². The fraction of sp³-hybridized carbons (Fsp3) is 0.889. The number of unbranched alkanes of at least 4 members (excludes halogenated alkanes) is 3. The third-order valence-corrected chi connectivity index (χ3v) is 3.95. The zero-order valence-corrected chi connectivity index (χ0v) is 15.7. The first-order chi connectivity index (χ1) is 11.6. The van der Waals surface area contributed by atoms with Crippen molar-refractivity contribution in [1.29, 1.82) is 0 Å². The third kappa shape index (κ3) is 12.3. The standard InChI is InChI=1S/C18H34O6/c1-5-15(21-3)13-23-17(19)11-9-7-8-10-12-18(20)24-14-16(6-2)22-4/h15-16H,5-14H2,1-4H3. The van der Waals surface area contributed by atoms with E-state index in [2.05, 4.69) is 0 Å². The zero-order chi connectivity index (χ0) is 18.2. The van der Waals surface area contributed by atoms with E-state index in [0.717, 1.165) is 38.5 Å². The van der Waals surface area contributed by atoms with Gasteiger partial charge in [-0.2, -0.15) is 0 Å². The van der Waals surface area contributed by atoms with E-state index in [0.29, 0.717) is 26.1 Å². The number of hydrogen-bond donors (Lipinski definition) is 0. The molecule has 0 saturated carbocycles. The predicted octanol–water partition coefficient (Wildman–Crippen LogP) is 3.26. The van der Waals surface area contributed by atoms with E-state index in [1.807, 2.05) is 13.8 Å². The van der Waals surface area contributed by atoms with Crippen molar-refractivity contribution in [1.82, 2.24) is 0 Å². The van der Waals surface area contributed by atoms with Crippen LogP contribution in [0.1, 0.15) is 65.2 Å². The molecule has 142 valence electrons. The molecule has 2 atom stereocenters. The van der Waals surface area contributed by atoms with Crippen molar-refractivity contribution >= 4 is 11.9 Å². The lowest BCUT2D eigenvalue weighted by atomic mass is 10.1. The summed E-state index contributed by atoms with van der Waals surface area (Å²) in [6, 6.07) is 0. The Morgan fingerprint density at radius 1 is 0.708 bits per heavy atom. The molecule has 0 aliphatic rings. The maximum atomic E-state index is 11.6. The summed E-state index contributed by atoms with van der Waals surface area (Å²) in [6.07, 6.45) is 5.79. The first-order valence-electron chi connectivity index (χ1n) is 8.94. The summed E-state index contributed by atoms with van der Waals surface area (Å²) in [7, 11) is 3.23. The normalized spacial score (nSPS) is 13.3. The molecule has 0 aromatic carbocycles. The average Bonchev–Trinajstić information content (AvgIpc) is 2.59. The Balaban J connectivity index is 3.52. The van der Waals surface area contributed by atoms with Crippen LogP contribution >= 0.6 is 0 Å². The molecule has 0 aliphatic heterocycles. The smallest absolute Gasteiger partial charge is 0.305 e. The lowest BCUT2D eigenvalue weighted by Crippen LogP contribution is -2.20. The predicted molar refractivity (Wildman–Crippen MR) is 91.8 cm³/mol. The van der Waals surface area contributed by atoms with Gasteiger partial charge in [0.1, 0.15) is 13.2 Å². The first-order valence-corrected chi connectivity index (χ1v) is 8.94. The average molecular weight is 346 g/mol. The van der Waals surface area contributed by atoms with Gasteiger partial charge in [-0.05, 0) is 25.7 Å². The first kappa shape index (κ1) is 22.9. The van der Waals surface area contributed by atoms with Gasteiger partial charge in [0.25, 0.3) is 0 Å². The van der Waals surface area contributed by atoms with Crippen LogP contribution in [0, 0.1) is 0 Å². The van der Waals surface area contributed by atoms with Gasteiger partial charge in [-0.15, -0.1) is 0 Å². The summed E-state index contributed by atoms with van der Waals surface area (Å²) in [5.41, 5.74) is 0. The van der Waals surface area contributed by atoms with Crippen molar-refractivity contribution in [2.75, 3.05) is 27.4 Å². The van der Waals surface area contributed by atoms with Crippen LogP contribution in [0.4, 0.5) is 0 Å². The number of methoxy groups -OCH3 is 2. The fourth-order valence-electron chi connectivity index (χ4n) is 2.11. The van der Waals surface area contributed by atoms with Gasteiger partial charge in [0.2, 0.25) is 0 Å². The van der Waals surface area contributed by atoms with Gasteiger partial charge in [0.05, 0.1) is 12.2 Å². The van der Waals surface area contributed by atoms with Gasteiger partial charge < -0.3 is 18.9 Å². The van der Waals surface area contributed by atoms with Crippen LogP contribution in [0.3, 0.4) is 0 Å². The monoisotopic (exact) mass is 346 g/mol. The summed E-state index contributed by atoms with van der Waals surface area (Å²) >= 11 is 0. The molecular formula is C18H34O6. The SMILES string of the molecule is CCC(COC(=O)CCCCCCC(=O)OCC(CC)OC)OC. The van der Waals surface area contributed by atoms with Crippen LogP contribution in [-0.4, -0.2) is 51.6 Å². The van der Waals surface area contributed by atoms with Crippen molar-refractivity contribution in [3.8, 4) is 0 Å². The Labute approximate surface area is 146 Å². The number of carbonyl (C=O) groups is 2. The largest absolute Gasteiger partial charge is 0.463 e. The third-order valence-electron chi connectivity index (χ3n) is 3.95. The highest BCUT2D eigenvalue weighted by Gasteiger charge is 2.10. The molecule has 2 unspecified atom stereocenters. The van der Waals surface area contributed by atoms with E-state index >= 15 is 0 Å². The Hall–Kier alpha value is -1.14. The second-order valence-corrected chi connectivity index (χ2v) is 5.81. The molecule has 0 spiro atoms. The van der Waals surface area contributed by atoms with Crippen molar-refractivity contribution < 1.29 is 28.5 Å². The van der Waals surface area contributed by atoms with E-state index in [4.69, 9.17) is 18.9 Å². The lowest BCUT2D eigenvalue weighted by Gasteiger charge is -2.13. The van der Waals surface area contributed by atoms with Crippen LogP contribution < -0.4 is 0 Å². The van der Waals surface area contributed by atoms with Crippen molar-refractivity contribution in [3.63, 3.8) is 0 Å². The molecule has 0 aliphatic carbocycles. The number of carbonyl (C=O) groups excluding carboxylic acids is 2. The van der Waals surface area contributed by atoms with Gasteiger partial charge in [0, 0.05) is 27.1 Å². The molecule has 0 fully saturated rings. The van der Waals surface area contributed by atoms with Gasteiger partial charge in [-0.3, -0.25) is 9.59 Å². The minimum absolute atomic E-state index is 0.0228. The second-order valence-electron chi connectivity index (χ2n) is 5.81. The van der Waals surface area contributed by atoms with Crippen LogP contribution in [0.5, 0.6) is 0 Å². The molecule has 6 nitrogen and oxygen atoms in total. The number of esters is 2. The zero-order valence-electron chi connectivity index (χ0n) is 15.7. The Morgan fingerprint density at radius 2 is 1.08 bits per heavy atom. The highest BCUT2D eigenvalue weighted by Crippen LogP contribution is 2.08. The molecule has 24 heavy (non-hydrogen) atoms. The number of rotatable bonds is 15. The summed E-state index contributed by atoms with van der Waals surface area (Å²) in [4.78, 5) is 23.1. The van der Waals surface area contributed by atoms with Gasteiger partial charge >= 0.3 is 11.9 Å². The van der Waals surface area contributed by atoms with Crippen LogP contribution in [-0.2, 0) is 28.5 Å². The van der Waals surface area contributed by atoms with Crippen LogP contribution in [0.15, 0.2) is 0 Å². The summed E-state index contributed by atoms with van der Waals surface area (Å²) in [5.74, 6) is -0.370.